The van der Waals surface area contributed by atoms with Crippen molar-refractivity contribution in [3.63, 3.8) is 0 Å². The van der Waals surface area contributed by atoms with Crippen molar-refractivity contribution in [2.45, 2.75) is 37.9 Å². The maximum Gasteiger partial charge on any atom is 0.125 e. The third-order valence-electron chi connectivity index (χ3n) is 3.04. The van der Waals surface area contributed by atoms with E-state index in [9.17, 15) is 5.11 Å². The molecule has 2 aromatic rings. The summed E-state index contributed by atoms with van der Waals surface area (Å²) in [7, 11) is 0. The molecule has 0 spiro atoms. The van der Waals surface area contributed by atoms with Crippen molar-refractivity contribution >= 4 is 11.8 Å². The number of aryl methyl sites for hydroxylation is 1. The van der Waals surface area contributed by atoms with Crippen LogP contribution in [0.5, 0.6) is 5.75 Å². The van der Waals surface area contributed by atoms with Crippen LogP contribution in [0.4, 0.5) is 0 Å². The minimum absolute atomic E-state index is 0.0998. The van der Waals surface area contributed by atoms with Crippen LogP contribution in [0.15, 0.2) is 53.4 Å². The molecule has 2 aromatic carbocycles. The SMILES string of the molecule is Cc1cccc(SCC(O)c2ccccc2OC(C)C)c1. The molecule has 1 N–H and O–H groups in total. The molecular weight excluding hydrogens is 280 g/mol. The summed E-state index contributed by atoms with van der Waals surface area (Å²) >= 11 is 1.66. The molecule has 21 heavy (non-hydrogen) atoms. The Morgan fingerprint density at radius 1 is 1.10 bits per heavy atom. The summed E-state index contributed by atoms with van der Waals surface area (Å²) in [5.74, 6) is 1.38. The van der Waals surface area contributed by atoms with Crippen LogP contribution in [-0.4, -0.2) is 17.0 Å². The van der Waals surface area contributed by atoms with Crippen LogP contribution in [0.1, 0.15) is 31.1 Å². The fourth-order valence-electron chi connectivity index (χ4n) is 2.09. The van der Waals surface area contributed by atoms with E-state index in [1.54, 1.807) is 11.8 Å². The number of benzene rings is 2. The Kier molecular flexibility index (Phi) is 5.71. The van der Waals surface area contributed by atoms with Gasteiger partial charge in [-0.1, -0.05) is 35.9 Å². The summed E-state index contributed by atoms with van der Waals surface area (Å²) in [4.78, 5) is 1.18. The highest BCUT2D eigenvalue weighted by atomic mass is 32.2. The molecule has 2 nitrogen and oxygen atoms in total. The molecule has 0 radical (unpaired) electrons. The lowest BCUT2D eigenvalue weighted by atomic mass is 10.1. The third kappa shape index (κ3) is 4.80. The second-order valence-electron chi connectivity index (χ2n) is 5.35. The van der Waals surface area contributed by atoms with Crippen molar-refractivity contribution < 1.29 is 9.84 Å². The molecule has 0 fully saturated rings. The molecule has 0 aliphatic rings. The minimum Gasteiger partial charge on any atom is -0.491 e. The molecule has 1 unspecified atom stereocenters. The van der Waals surface area contributed by atoms with Gasteiger partial charge in [-0.2, -0.15) is 0 Å². The van der Waals surface area contributed by atoms with Gasteiger partial charge in [-0.15, -0.1) is 11.8 Å². The third-order valence-corrected chi connectivity index (χ3v) is 4.11. The van der Waals surface area contributed by atoms with Gasteiger partial charge < -0.3 is 9.84 Å². The summed E-state index contributed by atoms with van der Waals surface area (Å²) in [6.07, 6.45) is -0.437. The van der Waals surface area contributed by atoms with Gasteiger partial charge in [0.25, 0.3) is 0 Å². The van der Waals surface area contributed by atoms with Crippen LogP contribution >= 0.6 is 11.8 Å². The van der Waals surface area contributed by atoms with Gasteiger partial charge in [0.2, 0.25) is 0 Å². The highest BCUT2D eigenvalue weighted by Crippen LogP contribution is 2.30. The van der Waals surface area contributed by atoms with Gasteiger partial charge in [-0.3, -0.25) is 0 Å². The van der Waals surface area contributed by atoms with Crippen molar-refractivity contribution in [3.8, 4) is 5.75 Å². The van der Waals surface area contributed by atoms with Crippen LogP contribution in [0, 0.1) is 6.92 Å². The highest BCUT2D eigenvalue weighted by molar-refractivity contribution is 7.99. The maximum absolute atomic E-state index is 10.4. The van der Waals surface area contributed by atoms with E-state index in [1.165, 1.54) is 10.5 Å². The Hall–Kier alpha value is -1.45. The van der Waals surface area contributed by atoms with E-state index in [2.05, 4.69) is 25.1 Å². The Labute approximate surface area is 131 Å². The molecule has 0 aliphatic heterocycles. The van der Waals surface area contributed by atoms with E-state index in [-0.39, 0.29) is 6.10 Å². The first-order chi connectivity index (χ1) is 10.1. The largest absolute Gasteiger partial charge is 0.491 e. The van der Waals surface area contributed by atoms with Gasteiger partial charge in [-0.25, -0.2) is 0 Å². The van der Waals surface area contributed by atoms with Gasteiger partial charge in [0.15, 0.2) is 0 Å². The quantitative estimate of drug-likeness (QED) is 0.790. The first-order valence-electron chi connectivity index (χ1n) is 7.19. The molecule has 0 aromatic heterocycles. The van der Waals surface area contributed by atoms with Crippen LogP contribution in [0.3, 0.4) is 0 Å². The molecule has 2 rings (SSSR count). The number of thioether (sulfide) groups is 1. The fourth-order valence-corrected chi connectivity index (χ4v) is 3.06. The summed E-state index contributed by atoms with van der Waals surface area (Å²) in [6.45, 7) is 6.06. The molecule has 0 amide bonds. The summed E-state index contributed by atoms with van der Waals surface area (Å²) in [5, 5.41) is 10.4. The number of aliphatic hydroxyl groups excluding tert-OH is 1. The molecule has 1 atom stereocenters. The summed E-state index contributed by atoms with van der Waals surface area (Å²) < 4.78 is 5.77. The predicted molar refractivity (Wildman–Crippen MR) is 89.1 cm³/mol. The van der Waals surface area contributed by atoms with E-state index in [4.69, 9.17) is 4.74 Å². The number of rotatable bonds is 6. The first-order valence-corrected chi connectivity index (χ1v) is 8.18. The standard InChI is InChI=1S/C18H22O2S/c1-13(2)20-18-10-5-4-9-16(18)17(19)12-21-15-8-6-7-14(3)11-15/h4-11,13,17,19H,12H2,1-3H3. The summed E-state index contributed by atoms with van der Waals surface area (Å²) in [5.41, 5.74) is 2.09. The lowest BCUT2D eigenvalue weighted by Gasteiger charge is -2.18. The zero-order chi connectivity index (χ0) is 15.2. The fraction of sp³-hybridized carbons (Fsp3) is 0.333. The maximum atomic E-state index is 10.4. The number of aliphatic hydroxyl groups is 1. The molecule has 0 aliphatic carbocycles. The van der Waals surface area contributed by atoms with Crippen molar-refractivity contribution in [1.82, 2.24) is 0 Å². The van der Waals surface area contributed by atoms with Gasteiger partial charge in [0.05, 0.1) is 12.2 Å². The zero-order valence-corrected chi connectivity index (χ0v) is 13.6. The number of para-hydroxylation sites is 1. The van der Waals surface area contributed by atoms with E-state index < -0.39 is 6.10 Å². The molecule has 0 saturated heterocycles. The van der Waals surface area contributed by atoms with Crippen molar-refractivity contribution in [3.05, 3.63) is 59.7 Å². The smallest absolute Gasteiger partial charge is 0.125 e. The first kappa shape index (κ1) is 15.9. The molecule has 112 valence electrons. The van der Waals surface area contributed by atoms with Crippen molar-refractivity contribution in [1.29, 1.82) is 0 Å². The Bertz CT molecular complexity index is 581. The second-order valence-corrected chi connectivity index (χ2v) is 6.44. The van der Waals surface area contributed by atoms with Crippen molar-refractivity contribution in [2.24, 2.45) is 0 Å². The van der Waals surface area contributed by atoms with Gasteiger partial charge >= 0.3 is 0 Å². The van der Waals surface area contributed by atoms with Gasteiger partial charge in [0, 0.05) is 16.2 Å². The minimum atomic E-state index is -0.537. The average molecular weight is 302 g/mol. The summed E-state index contributed by atoms with van der Waals surface area (Å²) in [6, 6.07) is 16.0. The Morgan fingerprint density at radius 3 is 2.57 bits per heavy atom. The Balaban J connectivity index is 2.04. The topological polar surface area (TPSA) is 29.5 Å². The molecular formula is C18H22O2S. The van der Waals surface area contributed by atoms with Crippen LogP contribution in [0.2, 0.25) is 0 Å². The van der Waals surface area contributed by atoms with Crippen molar-refractivity contribution in [2.75, 3.05) is 5.75 Å². The Morgan fingerprint density at radius 2 is 1.86 bits per heavy atom. The monoisotopic (exact) mass is 302 g/mol. The van der Waals surface area contributed by atoms with E-state index in [1.807, 2.05) is 44.2 Å². The number of hydrogen-bond donors (Lipinski definition) is 1. The van der Waals surface area contributed by atoms with Crippen LogP contribution in [0.25, 0.3) is 0 Å². The van der Waals surface area contributed by atoms with Gasteiger partial charge in [0.1, 0.15) is 5.75 Å². The van der Waals surface area contributed by atoms with E-state index in [0.717, 1.165) is 11.3 Å². The normalized spacial score (nSPS) is 12.4. The highest BCUT2D eigenvalue weighted by Gasteiger charge is 2.14. The lowest BCUT2D eigenvalue weighted by Crippen LogP contribution is -2.10. The molecule has 0 saturated carbocycles. The number of ether oxygens (including phenoxy) is 1. The van der Waals surface area contributed by atoms with Crippen LogP contribution in [-0.2, 0) is 0 Å². The van der Waals surface area contributed by atoms with Crippen LogP contribution < -0.4 is 4.74 Å². The lowest BCUT2D eigenvalue weighted by molar-refractivity contribution is 0.186. The predicted octanol–water partition coefficient (Wildman–Crippen LogP) is 4.61. The van der Waals surface area contributed by atoms with E-state index in [0.29, 0.717) is 5.75 Å². The zero-order valence-electron chi connectivity index (χ0n) is 12.7. The van der Waals surface area contributed by atoms with E-state index >= 15 is 0 Å². The second kappa shape index (κ2) is 7.53. The molecule has 3 heteroatoms. The van der Waals surface area contributed by atoms with Gasteiger partial charge in [-0.05, 0) is 39.0 Å². The molecule has 0 bridgehead atoms. The average Bonchev–Trinajstić information content (AvgIpc) is 2.45. The molecule has 0 heterocycles. The number of hydrogen-bond acceptors (Lipinski definition) is 3.